The Morgan fingerprint density at radius 2 is 2.05 bits per heavy atom. The smallest absolute Gasteiger partial charge is 0.251 e. The standard InChI is InChI=1S/C15H20N2O2/c1-3-12(4-2)16-15(19)11-5-7-13-10(9-11)6-8-14(18)17-13/h5,7,9,12H,3-4,6,8H2,1-2H3,(H,16,19)(H,17,18). The highest BCUT2D eigenvalue weighted by molar-refractivity contribution is 5.98. The lowest BCUT2D eigenvalue weighted by molar-refractivity contribution is -0.116. The molecule has 0 aliphatic carbocycles. The van der Waals surface area contributed by atoms with Gasteiger partial charge in [-0.25, -0.2) is 0 Å². The van der Waals surface area contributed by atoms with Crippen LogP contribution in [0, 0.1) is 0 Å². The Morgan fingerprint density at radius 3 is 2.74 bits per heavy atom. The first kappa shape index (κ1) is 13.6. The van der Waals surface area contributed by atoms with Crippen molar-refractivity contribution in [3.63, 3.8) is 0 Å². The van der Waals surface area contributed by atoms with E-state index in [1.807, 2.05) is 12.1 Å². The van der Waals surface area contributed by atoms with Gasteiger partial charge in [-0.1, -0.05) is 13.8 Å². The molecule has 0 radical (unpaired) electrons. The third-order valence-corrected chi connectivity index (χ3v) is 3.58. The summed E-state index contributed by atoms with van der Waals surface area (Å²) in [5.41, 5.74) is 2.54. The number of aryl methyl sites for hydroxylation is 1. The van der Waals surface area contributed by atoms with E-state index in [2.05, 4.69) is 24.5 Å². The van der Waals surface area contributed by atoms with E-state index < -0.39 is 0 Å². The van der Waals surface area contributed by atoms with Crippen LogP contribution in [0.5, 0.6) is 0 Å². The van der Waals surface area contributed by atoms with Gasteiger partial charge in [0.2, 0.25) is 5.91 Å². The molecule has 1 heterocycles. The summed E-state index contributed by atoms with van der Waals surface area (Å²) in [7, 11) is 0. The van der Waals surface area contributed by atoms with Gasteiger partial charge in [0, 0.05) is 23.7 Å². The normalized spacial score (nSPS) is 13.9. The van der Waals surface area contributed by atoms with Gasteiger partial charge in [0.25, 0.3) is 5.91 Å². The summed E-state index contributed by atoms with van der Waals surface area (Å²) < 4.78 is 0. The zero-order chi connectivity index (χ0) is 13.8. The molecule has 1 aromatic carbocycles. The van der Waals surface area contributed by atoms with Crippen molar-refractivity contribution < 1.29 is 9.59 Å². The zero-order valence-corrected chi connectivity index (χ0v) is 11.5. The van der Waals surface area contributed by atoms with Crippen LogP contribution in [-0.2, 0) is 11.2 Å². The highest BCUT2D eigenvalue weighted by atomic mass is 16.2. The lowest BCUT2D eigenvalue weighted by atomic mass is 10.00. The Kier molecular flexibility index (Phi) is 4.20. The molecule has 2 amide bonds. The summed E-state index contributed by atoms with van der Waals surface area (Å²) in [5, 5.41) is 5.84. The molecule has 0 spiro atoms. The van der Waals surface area contributed by atoms with Crippen molar-refractivity contribution >= 4 is 17.5 Å². The maximum atomic E-state index is 12.1. The van der Waals surface area contributed by atoms with E-state index in [1.54, 1.807) is 6.07 Å². The fourth-order valence-electron chi connectivity index (χ4n) is 2.29. The molecule has 0 fully saturated rings. The molecule has 1 aliphatic rings. The third kappa shape index (κ3) is 3.13. The molecule has 0 unspecified atom stereocenters. The van der Waals surface area contributed by atoms with E-state index >= 15 is 0 Å². The van der Waals surface area contributed by atoms with Gasteiger partial charge in [0.05, 0.1) is 0 Å². The summed E-state index contributed by atoms with van der Waals surface area (Å²) in [4.78, 5) is 23.4. The highest BCUT2D eigenvalue weighted by Crippen LogP contribution is 2.23. The van der Waals surface area contributed by atoms with Crippen LogP contribution in [0.3, 0.4) is 0 Å². The lowest BCUT2D eigenvalue weighted by Crippen LogP contribution is -2.34. The van der Waals surface area contributed by atoms with E-state index in [9.17, 15) is 9.59 Å². The van der Waals surface area contributed by atoms with Crippen LogP contribution in [-0.4, -0.2) is 17.9 Å². The van der Waals surface area contributed by atoms with Crippen molar-refractivity contribution in [2.24, 2.45) is 0 Å². The number of hydrogen-bond acceptors (Lipinski definition) is 2. The van der Waals surface area contributed by atoms with Crippen molar-refractivity contribution in [1.29, 1.82) is 0 Å². The van der Waals surface area contributed by atoms with Crippen LogP contribution in [0.25, 0.3) is 0 Å². The first-order chi connectivity index (χ1) is 9.13. The minimum absolute atomic E-state index is 0.0339. The van der Waals surface area contributed by atoms with Crippen molar-refractivity contribution in [3.05, 3.63) is 29.3 Å². The molecule has 0 atom stereocenters. The average molecular weight is 260 g/mol. The molecule has 19 heavy (non-hydrogen) atoms. The largest absolute Gasteiger partial charge is 0.349 e. The van der Waals surface area contributed by atoms with Crippen LogP contribution < -0.4 is 10.6 Å². The first-order valence-corrected chi connectivity index (χ1v) is 6.87. The second kappa shape index (κ2) is 5.87. The van der Waals surface area contributed by atoms with Crippen molar-refractivity contribution in [1.82, 2.24) is 5.32 Å². The van der Waals surface area contributed by atoms with E-state index in [0.29, 0.717) is 18.4 Å². The molecule has 2 rings (SSSR count). The molecular weight excluding hydrogens is 240 g/mol. The topological polar surface area (TPSA) is 58.2 Å². The summed E-state index contributed by atoms with van der Waals surface area (Å²) in [5.74, 6) is 0.00938. The zero-order valence-electron chi connectivity index (χ0n) is 11.5. The average Bonchev–Trinajstić information content (AvgIpc) is 2.43. The van der Waals surface area contributed by atoms with E-state index in [1.165, 1.54) is 0 Å². The van der Waals surface area contributed by atoms with Gasteiger partial charge in [-0.3, -0.25) is 9.59 Å². The summed E-state index contributed by atoms with van der Waals surface area (Å²) in [6, 6.07) is 5.69. The maximum Gasteiger partial charge on any atom is 0.251 e. The predicted molar refractivity (Wildman–Crippen MR) is 75.2 cm³/mol. The van der Waals surface area contributed by atoms with E-state index in [0.717, 1.165) is 24.1 Å². The number of hydrogen-bond donors (Lipinski definition) is 2. The number of carbonyl (C=O) groups excluding carboxylic acids is 2. The number of nitrogens with one attached hydrogen (secondary N) is 2. The maximum absolute atomic E-state index is 12.1. The quantitative estimate of drug-likeness (QED) is 0.873. The molecule has 0 saturated carbocycles. The summed E-state index contributed by atoms with van der Waals surface area (Å²) in [6.45, 7) is 4.13. The molecule has 102 valence electrons. The molecule has 0 bridgehead atoms. The van der Waals surface area contributed by atoms with Gasteiger partial charge in [-0.2, -0.15) is 0 Å². The van der Waals surface area contributed by atoms with Gasteiger partial charge in [0.1, 0.15) is 0 Å². The minimum atomic E-state index is -0.0339. The van der Waals surface area contributed by atoms with Crippen LogP contribution in [0.1, 0.15) is 49.0 Å². The molecule has 2 N–H and O–H groups in total. The molecule has 4 nitrogen and oxygen atoms in total. The van der Waals surface area contributed by atoms with Gasteiger partial charge in [-0.15, -0.1) is 0 Å². The van der Waals surface area contributed by atoms with Gasteiger partial charge < -0.3 is 10.6 Å². The van der Waals surface area contributed by atoms with Crippen molar-refractivity contribution in [3.8, 4) is 0 Å². The predicted octanol–water partition coefficient (Wildman–Crippen LogP) is 2.49. The summed E-state index contributed by atoms with van der Waals surface area (Å²) >= 11 is 0. The van der Waals surface area contributed by atoms with Crippen LogP contribution in [0.15, 0.2) is 18.2 Å². The van der Waals surface area contributed by atoms with Crippen LogP contribution in [0.2, 0.25) is 0 Å². The number of carbonyl (C=O) groups is 2. The molecule has 0 aromatic heterocycles. The monoisotopic (exact) mass is 260 g/mol. The molecule has 1 aliphatic heterocycles. The Hall–Kier alpha value is -1.84. The SMILES string of the molecule is CCC(CC)NC(=O)c1ccc2c(c1)CCC(=O)N2. The van der Waals surface area contributed by atoms with Gasteiger partial charge >= 0.3 is 0 Å². The third-order valence-electron chi connectivity index (χ3n) is 3.58. The summed E-state index contributed by atoms with van der Waals surface area (Å²) in [6.07, 6.45) is 3.06. The molecule has 0 saturated heterocycles. The Morgan fingerprint density at radius 1 is 1.32 bits per heavy atom. The van der Waals surface area contributed by atoms with Crippen molar-refractivity contribution in [2.45, 2.75) is 45.6 Å². The first-order valence-electron chi connectivity index (χ1n) is 6.87. The number of rotatable bonds is 4. The van der Waals surface area contributed by atoms with Crippen LogP contribution in [0.4, 0.5) is 5.69 Å². The lowest BCUT2D eigenvalue weighted by Gasteiger charge is -2.19. The molecule has 4 heteroatoms. The van der Waals surface area contributed by atoms with Crippen LogP contribution >= 0.6 is 0 Å². The van der Waals surface area contributed by atoms with Crippen molar-refractivity contribution in [2.75, 3.05) is 5.32 Å². The van der Waals surface area contributed by atoms with E-state index in [4.69, 9.17) is 0 Å². The number of amides is 2. The second-order valence-corrected chi connectivity index (χ2v) is 4.91. The number of fused-ring (bicyclic) bond motifs is 1. The fraction of sp³-hybridized carbons (Fsp3) is 0.467. The minimum Gasteiger partial charge on any atom is -0.349 e. The number of benzene rings is 1. The Bertz CT molecular complexity index is 493. The molecule has 1 aromatic rings. The Balaban J connectivity index is 2.13. The van der Waals surface area contributed by atoms with E-state index in [-0.39, 0.29) is 17.9 Å². The van der Waals surface area contributed by atoms with Gasteiger partial charge in [0.15, 0.2) is 0 Å². The Labute approximate surface area is 113 Å². The second-order valence-electron chi connectivity index (χ2n) is 4.91. The fourth-order valence-corrected chi connectivity index (χ4v) is 2.29. The number of anilines is 1. The highest BCUT2D eigenvalue weighted by Gasteiger charge is 2.17. The van der Waals surface area contributed by atoms with Gasteiger partial charge in [-0.05, 0) is 43.0 Å². The molecular formula is C15H20N2O2.